The second-order valence-electron chi connectivity index (χ2n) is 7.07. The zero-order chi connectivity index (χ0) is 20.4. The van der Waals surface area contributed by atoms with Gasteiger partial charge in [0.1, 0.15) is 0 Å². The fourth-order valence-electron chi connectivity index (χ4n) is 3.29. The summed E-state index contributed by atoms with van der Waals surface area (Å²) in [6.07, 6.45) is 10.4. The Kier molecular flexibility index (Phi) is 5.73. The summed E-state index contributed by atoms with van der Waals surface area (Å²) in [6.45, 7) is 3.70. The number of nitrogens with zero attached hydrogens (tertiary/aromatic N) is 4. The molecule has 0 radical (unpaired) electrons. The third-order valence-corrected chi connectivity index (χ3v) is 5.31. The smallest absolute Gasteiger partial charge is 0.328 e. The number of fused-ring (bicyclic) bond motifs is 1. The lowest BCUT2D eigenvalue weighted by Crippen LogP contribution is -2.06. The highest BCUT2D eigenvalue weighted by molar-refractivity contribution is 9.10. The van der Waals surface area contributed by atoms with Crippen molar-refractivity contribution in [2.75, 3.05) is 6.61 Å². The first-order chi connectivity index (χ1) is 14.1. The van der Waals surface area contributed by atoms with Gasteiger partial charge in [0.2, 0.25) is 0 Å². The number of ether oxygens (including phenoxy) is 1. The van der Waals surface area contributed by atoms with Crippen LogP contribution in [0, 0.1) is 5.92 Å². The van der Waals surface area contributed by atoms with Crippen LogP contribution < -0.4 is 0 Å². The van der Waals surface area contributed by atoms with Gasteiger partial charge in [0.15, 0.2) is 5.65 Å². The van der Waals surface area contributed by atoms with Crippen LogP contribution in [0.2, 0.25) is 0 Å². The first-order valence-electron chi connectivity index (χ1n) is 9.55. The largest absolute Gasteiger partial charge is 0.478 e. The van der Waals surface area contributed by atoms with E-state index < -0.39 is 5.97 Å². The van der Waals surface area contributed by atoms with Gasteiger partial charge in [-0.25, -0.2) is 14.5 Å². The molecule has 3 heterocycles. The lowest BCUT2D eigenvalue weighted by Gasteiger charge is -2.14. The van der Waals surface area contributed by atoms with Crippen LogP contribution >= 0.6 is 15.9 Å². The van der Waals surface area contributed by atoms with Crippen molar-refractivity contribution in [3.05, 3.63) is 46.5 Å². The molecular weight excluding hydrogens is 436 g/mol. The van der Waals surface area contributed by atoms with Crippen LogP contribution in [0.3, 0.4) is 0 Å². The number of halogens is 1. The lowest BCUT2D eigenvalue weighted by molar-refractivity contribution is -0.131. The van der Waals surface area contributed by atoms with E-state index in [1.165, 1.54) is 12.8 Å². The van der Waals surface area contributed by atoms with Gasteiger partial charge in [0.05, 0.1) is 18.5 Å². The third kappa shape index (κ3) is 4.38. The number of aliphatic carboxylic acids is 1. The number of rotatable bonds is 8. The number of hydrogen-bond acceptors (Lipinski definition) is 5. The maximum absolute atomic E-state index is 11.2. The maximum Gasteiger partial charge on any atom is 0.328 e. The first kappa shape index (κ1) is 19.7. The van der Waals surface area contributed by atoms with Crippen LogP contribution in [0.25, 0.3) is 28.2 Å². The molecule has 0 atom stereocenters. The van der Waals surface area contributed by atoms with Crippen LogP contribution in [0.4, 0.5) is 0 Å². The summed E-state index contributed by atoms with van der Waals surface area (Å²) in [6, 6.07) is 1.96. The van der Waals surface area contributed by atoms with Gasteiger partial charge < -0.3 is 9.84 Å². The Morgan fingerprint density at radius 3 is 2.90 bits per heavy atom. The Morgan fingerprint density at radius 2 is 2.21 bits per heavy atom. The molecule has 4 rings (SSSR count). The molecule has 3 aromatic rings. The quantitative estimate of drug-likeness (QED) is 0.508. The van der Waals surface area contributed by atoms with Gasteiger partial charge in [-0.2, -0.15) is 5.10 Å². The highest BCUT2D eigenvalue weighted by Crippen LogP contribution is 2.35. The molecule has 8 heteroatoms. The van der Waals surface area contributed by atoms with E-state index in [2.05, 4.69) is 26.0 Å². The van der Waals surface area contributed by atoms with E-state index >= 15 is 0 Å². The summed E-state index contributed by atoms with van der Waals surface area (Å²) < 4.78 is 8.57. The van der Waals surface area contributed by atoms with Crippen LogP contribution in [-0.4, -0.2) is 37.4 Å². The highest BCUT2D eigenvalue weighted by Gasteiger charge is 2.23. The topological polar surface area (TPSA) is 90.1 Å². The number of aromatic nitrogens is 4. The van der Waals surface area contributed by atoms with E-state index in [0.29, 0.717) is 36.9 Å². The highest BCUT2D eigenvalue weighted by atomic mass is 79.9. The third-order valence-electron chi connectivity index (χ3n) is 4.88. The predicted molar refractivity (Wildman–Crippen MR) is 113 cm³/mol. The molecule has 0 spiro atoms. The Bertz CT molecular complexity index is 1090. The fraction of sp³-hybridized carbons (Fsp3) is 0.333. The molecule has 29 heavy (non-hydrogen) atoms. The maximum atomic E-state index is 11.2. The molecule has 1 N–H and O–H groups in total. The van der Waals surface area contributed by atoms with Crippen molar-refractivity contribution in [3.8, 4) is 11.1 Å². The standard InChI is InChI=1S/C21H21BrN4O3/c1-2-26-21-17(10-24-26)20(14-7-15(22)9-23-8-14)16(5-6-19(27)28)18(25-21)12-29-11-13-3-4-13/h5-10,13H,2-4,11-12H2,1H3,(H,27,28). The average molecular weight is 457 g/mol. The zero-order valence-electron chi connectivity index (χ0n) is 16.0. The molecule has 150 valence electrons. The van der Waals surface area contributed by atoms with Crippen molar-refractivity contribution in [1.29, 1.82) is 0 Å². The number of carboxylic acid groups (broad SMARTS) is 1. The fourth-order valence-corrected chi connectivity index (χ4v) is 3.66. The molecule has 1 fully saturated rings. The van der Waals surface area contributed by atoms with E-state index in [-0.39, 0.29) is 0 Å². The number of pyridine rings is 2. The minimum Gasteiger partial charge on any atom is -0.478 e. The average Bonchev–Trinajstić information content (AvgIpc) is 3.43. The molecule has 3 aromatic heterocycles. The van der Waals surface area contributed by atoms with E-state index in [9.17, 15) is 9.90 Å². The molecule has 0 bridgehead atoms. The minimum atomic E-state index is -1.02. The van der Waals surface area contributed by atoms with Gasteiger partial charge in [0.25, 0.3) is 0 Å². The molecule has 0 amide bonds. The number of hydrogen-bond donors (Lipinski definition) is 1. The van der Waals surface area contributed by atoms with Crippen LogP contribution in [0.15, 0.2) is 35.2 Å². The first-order valence-corrected chi connectivity index (χ1v) is 10.3. The van der Waals surface area contributed by atoms with E-state index in [1.54, 1.807) is 24.7 Å². The second-order valence-corrected chi connectivity index (χ2v) is 7.98. The predicted octanol–water partition coefficient (Wildman–Crippen LogP) is 4.30. The van der Waals surface area contributed by atoms with Crippen LogP contribution in [0.5, 0.6) is 0 Å². The molecule has 0 saturated heterocycles. The van der Waals surface area contributed by atoms with Gasteiger partial charge >= 0.3 is 5.97 Å². The van der Waals surface area contributed by atoms with Gasteiger partial charge in [-0.1, -0.05) is 0 Å². The second kappa shape index (κ2) is 8.42. The molecule has 0 aromatic carbocycles. The van der Waals surface area contributed by atoms with Crippen LogP contribution in [0.1, 0.15) is 31.0 Å². The summed E-state index contributed by atoms with van der Waals surface area (Å²) in [4.78, 5) is 20.3. The monoisotopic (exact) mass is 456 g/mol. The Morgan fingerprint density at radius 1 is 1.38 bits per heavy atom. The van der Waals surface area contributed by atoms with Crippen molar-refractivity contribution in [1.82, 2.24) is 19.7 Å². The zero-order valence-corrected chi connectivity index (χ0v) is 17.6. The summed E-state index contributed by atoms with van der Waals surface area (Å²) >= 11 is 3.48. The Labute approximate surface area is 176 Å². The van der Waals surface area contributed by atoms with Gasteiger partial charge in [-0.05, 0) is 53.8 Å². The Balaban J connectivity index is 1.92. The van der Waals surface area contributed by atoms with E-state index in [1.807, 2.05) is 17.7 Å². The molecular formula is C21H21BrN4O3. The number of carboxylic acids is 1. The minimum absolute atomic E-state index is 0.315. The normalized spacial score (nSPS) is 14.1. The SMILES string of the molecule is CCn1ncc2c(-c3cncc(Br)c3)c(C=CC(=O)O)c(COCC3CC3)nc21. The Hall–Kier alpha value is -2.58. The van der Waals surface area contributed by atoms with Crippen molar-refractivity contribution in [3.63, 3.8) is 0 Å². The molecule has 0 aliphatic heterocycles. The molecule has 7 nitrogen and oxygen atoms in total. The molecule has 1 saturated carbocycles. The van der Waals surface area contributed by atoms with Gasteiger partial charge in [-0.3, -0.25) is 4.98 Å². The summed E-state index contributed by atoms with van der Waals surface area (Å²) in [5.41, 5.74) is 3.87. The summed E-state index contributed by atoms with van der Waals surface area (Å²) in [5, 5.41) is 14.5. The van der Waals surface area contributed by atoms with E-state index in [0.717, 1.165) is 32.7 Å². The van der Waals surface area contributed by atoms with Crippen molar-refractivity contribution >= 4 is 39.0 Å². The van der Waals surface area contributed by atoms with Crippen molar-refractivity contribution in [2.45, 2.75) is 32.9 Å². The lowest BCUT2D eigenvalue weighted by atomic mass is 9.97. The van der Waals surface area contributed by atoms with Crippen LogP contribution in [-0.2, 0) is 22.7 Å². The summed E-state index contributed by atoms with van der Waals surface area (Å²) in [7, 11) is 0. The number of aryl methyl sites for hydroxylation is 1. The molecule has 1 aliphatic carbocycles. The summed E-state index contributed by atoms with van der Waals surface area (Å²) in [5.74, 6) is -0.385. The molecule has 1 aliphatic rings. The van der Waals surface area contributed by atoms with Gasteiger partial charge in [0, 0.05) is 58.2 Å². The number of carbonyl (C=O) groups is 1. The van der Waals surface area contributed by atoms with Gasteiger partial charge in [-0.15, -0.1) is 0 Å². The van der Waals surface area contributed by atoms with Crippen molar-refractivity contribution < 1.29 is 14.6 Å². The van der Waals surface area contributed by atoms with E-state index in [4.69, 9.17) is 9.72 Å². The van der Waals surface area contributed by atoms with Crippen molar-refractivity contribution in [2.24, 2.45) is 5.92 Å². The molecule has 0 unspecified atom stereocenters.